The van der Waals surface area contributed by atoms with E-state index < -0.39 is 13.6 Å². The largest absolute Gasteiger partial charge is 0.465 e. The Bertz CT molecular complexity index is 894. The number of nitrogens with one attached hydrogen (secondary N) is 1. The van der Waals surface area contributed by atoms with Crippen molar-refractivity contribution in [2.45, 2.75) is 48.5 Å². The van der Waals surface area contributed by atoms with Crippen molar-refractivity contribution in [3.63, 3.8) is 0 Å². The number of rotatable bonds is 11. The van der Waals surface area contributed by atoms with Gasteiger partial charge in [0.2, 0.25) is 0 Å². The van der Waals surface area contributed by atoms with Gasteiger partial charge < -0.3 is 14.5 Å². The van der Waals surface area contributed by atoms with Crippen LogP contribution in [0.3, 0.4) is 0 Å². The van der Waals surface area contributed by atoms with Crippen LogP contribution in [0.2, 0.25) is 0 Å². The molecule has 0 saturated heterocycles. The summed E-state index contributed by atoms with van der Waals surface area (Å²) >= 11 is 0. The zero-order valence-electron chi connectivity index (χ0n) is 19.7. The van der Waals surface area contributed by atoms with Gasteiger partial charge in [-0.2, -0.15) is 0 Å². The first-order valence-corrected chi connectivity index (χ1v) is 12.1. The van der Waals surface area contributed by atoms with Crippen LogP contribution in [0.4, 0.5) is 0 Å². The summed E-state index contributed by atoms with van der Waals surface area (Å²) in [6.07, 6.45) is -0.334. The Labute approximate surface area is 189 Å². The number of hydrogen-bond acceptors (Lipinski definition) is 8. The van der Waals surface area contributed by atoms with Crippen LogP contribution < -0.4 is 15.1 Å². The van der Waals surface area contributed by atoms with Crippen molar-refractivity contribution in [1.29, 1.82) is 0 Å². The predicted octanol–water partition coefficient (Wildman–Crippen LogP) is 5.16. The van der Waals surface area contributed by atoms with Gasteiger partial charge in [0.1, 0.15) is 6.29 Å². The maximum absolute atomic E-state index is 13.4. The standard InChI is InChI=1S/C23H32NO7P/c1-8-27-21(25)13-24-14-32(26,30-28-22-17(4)9-15(2)10-18(22)5)31-29-23-19(6)11-16(3)12-20(23)7/h9-12,24H,8,13-14H2,1-7H3. The van der Waals surface area contributed by atoms with E-state index in [1.165, 1.54) is 0 Å². The molecule has 0 fully saturated rings. The lowest BCUT2D eigenvalue weighted by Crippen LogP contribution is -2.27. The van der Waals surface area contributed by atoms with E-state index in [1.807, 2.05) is 65.8 Å². The fourth-order valence-electron chi connectivity index (χ4n) is 3.36. The minimum absolute atomic E-state index is 0.171. The van der Waals surface area contributed by atoms with Crippen LogP contribution in [0.1, 0.15) is 40.3 Å². The fourth-order valence-corrected chi connectivity index (χ4v) is 4.25. The Kier molecular flexibility index (Phi) is 9.28. The Morgan fingerprint density at radius 2 is 1.22 bits per heavy atom. The zero-order chi connectivity index (χ0) is 23.9. The van der Waals surface area contributed by atoms with Gasteiger partial charge >= 0.3 is 13.6 Å². The average Bonchev–Trinajstić information content (AvgIpc) is 2.66. The van der Waals surface area contributed by atoms with Gasteiger partial charge in [0.05, 0.1) is 13.2 Å². The Morgan fingerprint density at radius 1 is 0.812 bits per heavy atom. The predicted molar refractivity (Wildman–Crippen MR) is 122 cm³/mol. The van der Waals surface area contributed by atoms with Crippen molar-refractivity contribution < 1.29 is 33.2 Å². The van der Waals surface area contributed by atoms with E-state index in [1.54, 1.807) is 6.92 Å². The summed E-state index contributed by atoms with van der Waals surface area (Å²) in [5.74, 6) is 0.386. The fraction of sp³-hybridized carbons (Fsp3) is 0.435. The molecule has 0 aromatic heterocycles. The molecule has 2 rings (SSSR count). The smallest absolute Gasteiger partial charge is 0.418 e. The van der Waals surface area contributed by atoms with E-state index in [0.717, 1.165) is 33.4 Å². The molecule has 0 heterocycles. The third-order valence-electron chi connectivity index (χ3n) is 4.56. The molecule has 0 radical (unpaired) electrons. The molecule has 9 heteroatoms. The van der Waals surface area contributed by atoms with Crippen molar-refractivity contribution in [3.8, 4) is 11.5 Å². The molecule has 0 aliphatic carbocycles. The number of aryl methyl sites for hydroxylation is 6. The average molecular weight is 465 g/mol. The second-order valence-electron chi connectivity index (χ2n) is 7.77. The lowest BCUT2D eigenvalue weighted by Gasteiger charge is -2.19. The minimum atomic E-state index is -3.99. The van der Waals surface area contributed by atoms with Crippen molar-refractivity contribution in [3.05, 3.63) is 57.6 Å². The number of carbonyl (C=O) groups is 1. The molecule has 0 spiro atoms. The maximum atomic E-state index is 13.4. The van der Waals surface area contributed by atoms with Gasteiger partial charge in [-0.15, -0.1) is 0 Å². The lowest BCUT2D eigenvalue weighted by molar-refractivity contribution is -0.172. The van der Waals surface area contributed by atoms with Gasteiger partial charge in [-0.05, 0) is 70.7 Å². The molecule has 2 aromatic carbocycles. The molecule has 1 N–H and O–H groups in total. The number of carbonyl (C=O) groups excluding carboxylic acids is 1. The molecule has 32 heavy (non-hydrogen) atoms. The van der Waals surface area contributed by atoms with Crippen LogP contribution in [0, 0.1) is 41.5 Å². The van der Waals surface area contributed by atoms with Crippen LogP contribution >= 0.6 is 7.60 Å². The molecule has 0 saturated carbocycles. The highest BCUT2D eigenvalue weighted by molar-refractivity contribution is 7.53. The van der Waals surface area contributed by atoms with E-state index in [-0.39, 0.29) is 19.4 Å². The highest BCUT2D eigenvalue weighted by atomic mass is 31.2. The van der Waals surface area contributed by atoms with Crippen LogP contribution in [0.5, 0.6) is 11.5 Å². The number of ether oxygens (including phenoxy) is 1. The van der Waals surface area contributed by atoms with E-state index in [2.05, 4.69) is 5.32 Å². The third kappa shape index (κ3) is 7.35. The van der Waals surface area contributed by atoms with Crippen LogP contribution in [0.15, 0.2) is 24.3 Å². The monoisotopic (exact) mass is 465 g/mol. The zero-order valence-corrected chi connectivity index (χ0v) is 20.6. The molecule has 176 valence electrons. The number of esters is 1. The quantitative estimate of drug-likeness (QED) is 0.211. The second kappa shape index (κ2) is 11.5. The van der Waals surface area contributed by atoms with Gasteiger partial charge in [0.25, 0.3) is 0 Å². The molecule has 0 amide bonds. The topological polar surface area (TPSA) is 92.3 Å². The molecule has 0 bridgehead atoms. The van der Waals surface area contributed by atoms with Crippen LogP contribution in [-0.4, -0.2) is 25.4 Å². The summed E-state index contributed by atoms with van der Waals surface area (Å²) in [5.41, 5.74) is 5.41. The second-order valence-corrected chi connectivity index (χ2v) is 9.61. The normalized spacial score (nSPS) is 11.3. The van der Waals surface area contributed by atoms with Gasteiger partial charge in [-0.3, -0.25) is 14.7 Å². The first-order chi connectivity index (χ1) is 15.0. The van der Waals surface area contributed by atoms with Gasteiger partial charge in [0, 0.05) is 0 Å². The Hall–Kier alpha value is -2.38. The highest BCUT2D eigenvalue weighted by Crippen LogP contribution is 2.48. The van der Waals surface area contributed by atoms with Crippen molar-refractivity contribution in [2.75, 3.05) is 19.4 Å². The molecule has 0 unspecified atom stereocenters. The Morgan fingerprint density at radius 3 is 1.59 bits per heavy atom. The summed E-state index contributed by atoms with van der Waals surface area (Å²) in [7, 11) is -3.99. The lowest BCUT2D eigenvalue weighted by atomic mass is 10.1. The number of hydrogen-bond donors (Lipinski definition) is 1. The van der Waals surface area contributed by atoms with Gasteiger partial charge in [0.15, 0.2) is 11.5 Å². The molecule has 0 atom stereocenters. The van der Waals surface area contributed by atoms with Crippen molar-refractivity contribution in [1.82, 2.24) is 5.32 Å². The molecular weight excluding hydrogens is 433 g/mol. The summed E-state index contributed by atoms with van der Waals surface area (Å²) in [4.78, 5) is 22.5. The number of benzene rings is 2. The van der Waals surface area contributed by atoms with Gasteiger partial charge in [-0.1, -0.05) is 44.7 Å². The summed E-state index contributed by atoms with van der Waals surface area (Å²) in [6.45, 7) is 13.2. The molecular formula is C23H32NO7P. The SMILES string of the molecule is CCOC(=O)CNCP(=O)(OOc1c(C)cc(C)cc1C)OOc1c(C)cc(C)cc1C. The van der Waals surface area contributed by atoms with E-state index >= 15 is 0 Å². The van der Waals surface area contributed by atoms with Crippen molar-refractivity contribution >= 4 is 13.6 Å². The summed E-state index contributed by atoms with van der Waals surface area (Å²) in [6, 6.07) is 7.69. The van der Waals surface area contributed by atoms with Gasteiger partial charge in [-0.25, -0.2) is 0 Å². The first-order valence-electron chi connectivity index (χ1n) is 10.4. The van der Waals surface area contributed by atoms with E-state index in [4.69, 9.17) is 23.9 Å². The van der Waals surface area contributed by atoms with Crippen LogP contribution in [-0.2, 0) is 23.4 Å². The molecule has 0 aliphatic rings. The molecule has 2 aromatic rings. The van der Waals surface area contributed by atoms with E-state index in [9.17, 15) is 9.36 Å². The minimum Gasteiger partial charge on any atom is -0.465 e. The molecule has 0 aliphatic heterocycles. The molecule has 8 nitrogen and oxygen atoms in total. The van der Waals surface area contributed by atoms with E-state index in [0.29, 0.717) is 11.5 Å². The van der Waals surface area contributed by atoms with Crippen molar-refractivity contribution in [2.24, 2.45) is 0 Å². The Balaban J connectivity index is 2.17. The van der Waals surface area contributed by atoms with Crippen LogP contribution in [0.25, 0.3) is 0 Å². The maximum Gasteiger partial charge on any atom is 0.418 e. The third-order valence-corrected chi connectivity index (χ3v) is 5.77. The summed E-state index contributed by atoms with van der Waals surface area (Å²) < 4.78 is 28.8. The highest BCUT2D eigenvalue weighted by Gasteiger charge is 2.31. The first kappa shape index (κ1) is 25.9. The summed E-state index contributed by atoms with van der Waals surface area (Å²) in [5, 5.41) is 2.71.